The molecule has 1 aliphatic heterocycles. The highest BCUT2D eigenvalue weighted by Crippen LogP contribution is 2.19. The summed E-state index contributed by atoms with van der Waals surface area (Å²) in [6.07, 6.45) is 2.39. The topological polar surface area (TPSA) is 29.5 Å². The van der Waals surface area contributed by atoms with E-state index in [9.17, 15) is 4.79 Å². The predicted octanol–water partition coefficient (Wildman–Crippen LogP) is 2.99. The van der Waals surface area contributed by atoms with Crippen LogP contribution in [0, 0.1) is 13.8 Å². The lowest BCUT2D eigenvalue weighted by Crippen LogP contribution is -2.45. The zero-order valence-electron chi connectivity index (χ0n) is 13.0. The summed E-state index contributed by atoms with van der Waals surface area (Å²) < 4.78 is 5.38. The fourth-order valence-corrected chi connectivity index (χ4v) is 2.80. The van der Waals surface area contributed by atoms with Crippen molar-refractivity contribution in [1.82, 2.24) is 4.90 Å². The molecule has 0 bridgehead atoms. The highest BCUT2D eigenvalue weighted by molar-refractivity contribution is 6.00. The number of likely N-dealkylation sites (tertiary alicyclic amines) is 1. The van der Waals surface area contributed by atoms with Gasteiger partial charge in [-0.3, -0.25) is 9.69 Å². The fourth-order valence-electron chi connectivity index (χ4n) is 2.80. The zero-order chi connectivity index (χ0) is 14.7. The van der Waals surface area contributed by atoms with Gasteiger partial charge in [-0.1, -0.05) is 12.1 Å². The Morgan fingerprint density at radius 3 is 2.45 bits per heavy atom. The summed E-state index contributed by atoms with van der Waals surface area (Å²) in [5.41, 5.74) is 3.24. The molecule has 1 aromatic carbocycles. The Morgan fingerprint density at radius 2 is 1.90 bits per heavy atom. The Morgan fingerprint density at radius 1 is 1.25 bits per heavy atom. The van der Waals surface area contributed by atoms with Crippen molar-refractivity contribution in [1.29, 1.82) is 0 Å². The first-order valence-corrected chi connectivity index (χ1v) is 7.41. The normalized spacial score (nSPS) is 19.0. The fraction of sp³-hybridized carbons (Fsp3) is 0.588. The molecule has 0 aliphatic carbocycles. The third-order valence-corrected chi connectivity index (χ3v) is 4.53. The van der Waals surface area contributed by atoms with Crippen LogP contribution in [-0.4, -0.2) is 43.0 Å². The molecule has 0 saturated carbocycles. The second-order valence-corrected chi connectivity index (χ2v) is 5.81. The number of rotatable bonds is 4. The molecular formula is C17H25NO2. The first kappa shape index (κ1) is 15.2. The van der Waals surface area contributed by atoms with Crippen molar-refractivity contribution < 1.29 is 9.53 Å². The molecule has 0 aromatic heterocycles. The molecule has 0 radical (unpaired) electrons. The third kappa shape index (κ3) is 3.28. The van der Waals surface area contributed by atoms with Crippen molar-refractivity contribution in [2.45, 2.75) is 45.8 Å². The van der Waals surface area contributed by atoms with E-state index >= 15 is 0 Å². The van der Waals surface area contributed by atoms with Gasteiger partial charge in [-0.25, -0.2) is 0 Å². The van der Waals surface area contributed by atoms with E-state index in [4.69, 9.17) is 4.74 Å². The van der Waals surface area contributed by atoms with Crippen LogP contribution in [0.15, 0.2) is 18.2 Å². The lowest BCUT2D eigenvalue weighted by molar-refractivity contribution is 0.0289. The molecule has 3 nitrogen and oxygen atoms in total. The van der Waals surface area contributed by atoms with Gasteiger partial charge in [0, 0.05) is 25.8 Å². The smallest absolute Gasteiger partial charge is 0.179 e. The van der Waals surface area contributed by atoms with Gasteiger partial charge in [0.1, 0.15) is 0 Å². The molecule has 1 unspecified atom stereocenters. The van der Waals surface area contributed by atoms with Crippen LogP contribution in [0.2, 0.25) is 0 Å². The number of ether oxygens (including phenoxy) is 1. The van der Waals surface area contributed by atoms with Gasteiger partial charge in [0.15, 0.2) is 5.78 Å². The number of carbonyl (C=O) groups is 1. The highest BCUT2D eigenvalue weighted by atomic mass is 16.5. The second kappa shape index (κ2) is 6.51. The van der Waals surface area contributed by atoms with Gasteiger partial charge in [0.05, 0.1) is 12.1 Å². The molecule has 20 heavy (non-hydrogen) atoms. The van der Waals surface area contributed by atoms with E-state index in [0.29, 0.717) is 6.10 Å². The molecule has 110 valence electrons. The van der Waals surface area contributed by atoms with Crippen LogP contribution in [0.4, 0.5) is 0 Å². The SMILES string of the molecule is COC1CCN(C(C)C(=O)c2ccc(C)c(C)c2)CC1. The van der Waals surface area contributed by atoms with E-state index < -0.39 is 0 Å². The summed E-state index contributed by atoms with van der Waals surface area (Å²) in [6.45, 7) is 8.03. The number of ketones is 1. The van der Waals surface area contributed by atoms with Crippen LogP contribution in [0.5, 0.6) is 0 Å². The largest absolute Gasteiger partial charge is 0.381 e. The summed E-state index contributed by atoms with van der Waals surface area (Å²) in [5, 5.41) is 0. The first-order chi connectivity index (χ1) is 9.52. The molecule has 1 fully saturated rings. The number of Topliss-reactive ketones (excluding diaryl/α,β-unsaturated/α-hetero) is 1. The number of benzene rings is 1. The van der Waals surface area contributed by atoms with Gasteiger partial charge in [0.25, 0.3) is 0 Å². The summed E-state index contributed by atoms with van der Waals surface area (Å²) in [5.74, 6) is 0.226. The highest BCUT2D eigenvalue weighted by Gasteiger charge is 2.27. The van der Waals surface area contributed by atoms with E-state index in [2.05, 4.69) is 18.7 Å². The molecule has 1 atom stereocenters. The zero-order valence-corrected chi connectivity index (χ0v) is 13.0. The average Bonchev–Trinajstić information content (AvgIpc) is 2.48. The molecule has 0 amide bonds. The van der Waals surface area contributed by atoms with Crippen molar-refractivity contribution in [3.63, 3.8) is 0 Å². The van der Waals surface area contributed by atoms with Crippen molar-refractivity contribution in [3.05, 3.63) is 34.9 Å². The number of aryl methyl sites for hydroxylation is 2. The van der Waals surface area contributed by atoms with Crippen LogP contribution in [0.25, 0.3) is 0 Å². The van der Waals surface area contributed by atoms with E-state index in [1.165, 1.54) is 11.1 Å². The Hall–Kier alpha value is -1.19. The van der Waals surface area contributed by atoms with Gasteiger partial charge in [0.2, 0.25) is 0 Å². The van der Waals surface area contributed by atoms with Crippen LogP contribution < -0.4 is 0 Å². The molecular weight excluding hydrogens is 250 g/mol. The number of nitrogens with zero attached hydrogens (tertiary/aromatic N) is 1. The minimum atomic E-state index is -0.0464. The number of hydrogen-bond donors (Lipinski definition) is 0. The summed E-state index contributed by atoms with van der Waals surface area (Å²) >= 11 is 0. The Balaban J connectivity index is 2.03. The standard InChI is InChI=1S/C17H25NO2/c1-12-5-6-15(11-13(12)2)17(19)14(3)18-9-7-16(20-4)8-10-18/h5-6,11,14,16H,7-10H2,1-4H3. The molecule has 1 aromatic rings. The molecule has 1 heterocycles. The predicted molar refractivity (Wildman–Crippen MR) is 81.3 cm³/mol. The minimum absolute atomic E-state index is 0.0464. The van der Waals surface area contributed by atoms with Crippen molar-refractivity contribution in [2.75, 3.05) is 20.2 Å². The Labute approximate surface area is 121 Å². The Kier molecular flexibility index (Phi) is 4.95. The first-order valence-electron chi connectivity index (χ1n) is 7.41. The lowest BCUT2D eigenvalue weighted by atomic mass is 9.98. The minimum Gasteiger partial charge on any atom is -0.381 e. The maximum absolute atomic E-state index is 12.6. The third-order valence-electron chi connectivity index (χ3n) is 4.53. The van der Waals surface area contributed by atoms with E-state index in [-0.39, 0.29) is 11.8 Å². The maximum Gasteiger partial charge on any atom is 0.179 e. The van der Waals surface area contributed by atoms with E-state index in [1.54, 1.807) is 7.11 Å². The molecule has 3 heteroatoms. The number of hydrogen-bond acceptors (Lipinski definition) is 3. The number of carbonyl (C=O) groups excluding carboxylic acids is 1. The van der Waals surface area contributed by atoms with Crippen molar-refractivity contribution in [3.8, 4) is 0 Å². The second-order valence-electron chi connectivity index (χ2n) is 5.81. The molecule has 0 spiro atoms. The van der Waals surface area contributed by atoms with Crippen LogP contribution >= 0.6 is 0 Å². The van der Waals surface area contributed by atoms with Crippen molar-refractivity contribution in [2.24, 2.45) is 0 Å². The Bertz CT molecular complexity index is 476. The van der Waals surface area contributed by atoms with Gasteiger partial charge >= 0.3 is 0 Å². The monoisotopic (exact) mass is 275 g/mol. The summed E-state index contributed by atoms with van der Waals surface area (Å²) in [7, 11) is 1.77. The lowest BCUT2D eigenvalue weighted by Gasteiger charge is -2.34. The summed E-state index contributed by atoms with van der Waals surface area (Å²) in [4.78, 5) is 14.9. The molecule has 1 saturated heterocycles. The van der Waals surface area contributed by atoms with Gasteiger partial charge in [-0.05, 0) is 50.8 Å². The van der Waals surface area contributed by atoms with Crippen molar-refractivity contribution >= 4 is 5.78 Å². The van der Waals surface area contributed by atoms with Gasteiger partial charge in [-0.2, -0.15) is 0 Å². The molecule has 2 rings (SSSR count). The molecule has 1 aliphatic rings. The van der Waals surface area contributed by atoms with Crippen LogP contribution in [0.3, 0.4) is 0 Å². The van der Waals surface area contributed by atoms with Gasteiger partial charge < -0.3 is 4.74 Å². The van der Waals surface area contributed by atoms with Crippen LogP contribution in [-0.2, 0) is 4.74 Å². The number of methoxy groups -OCH3 is 1. The number of piperidine rings is 1. The summed E-state index contributed by atoms with van der Waals surface area (Å²) in [6, 6.07) is 5.95. The van der Waals surface area contributed by atoms with Gasteiger partial charge in [-0.15, -0.1) is 0 Å². The molecule has 0 N–H and O–H groups in total. The van der Waals surface area contributed by atoms with Crippen LogP contribution in [0.1, 0.15) is 41.3 Å². The van der Waals surface area contributed by atoms with E-state index in [1.807, 2.05) is 25.1 Å². The average molecular weight is 275 g/mol. The quantitative estimate of drug-likeness (QED) is 0.791. The maximum atomic E-state index is 12.6. The van der Waals surface area contributed by atoms with E-state index in [0.717, 1.165) is 31.5 Å².